The maximum atomic E-state index is 4.14. The summed E-state index contributed by atoms with van der Waals surface area (Å²) in [6.07, 6.45) is 12.0. The maximum Gasteiger partial charge on any atom is 0.0442 e. The number of unbranched alkanes of at least 4 members (excludes halogenated alkanes) is 3. The Bertz CT molecular complexity index is 211. The molecule has 0 N–H and O–H groups in total. The molecule has 0 saturated heterocycles. The summed E-state index contributed by atoms with van der Waals surface area (Å²) in [5.74, 6) is 0. The van der Waals surface area contributed by atoms with Crippen molar-refractivity contribution in [2.45, 2.75) is 110 Å². The number of hydrogen-bond donors (Lipinski definition) is 8. The van der Waals surface area contributed by atoms with Crippen molar-refractivity contribution in [1.82, 2.24) is 0 Å². The van der Waals surface area contributed by atoms with Crippen LogP contribution in [0.1, 0.15) is 91.9 Å². The normalized spacial score (nSPS) is 10.2. The van der Waals surface area contributed by atoms with Gasteiger partial charge >= 0.3 is 0 Å². The van der Waals surface area contributed by atoms with Crippen molar-refractivity contribution >= 4 is 101 Å². The van der Waals surface area contributed by atoms with Crippen LogP contribution in [-0.4, -0.2) is 18.3 Å². The van der Waals surface area contributed by atoms with Gasteiger partial charge in [-0.05, 0) is 25.7 Å². The first-order chi connectivity index (χ1) is 12.1. The highest BCUT2D eigenvalue weighted by atomic mass is 32.2. The second kappa shape index (κ2) is 32.5. The quantitative estimate of drug-likeness (QED) is 0.0795. The van der Waals surface area contributed by atoms with Crippen LogP contribution in [0, 0.1) is 0 Å². The molecule has 0 unspecified atom stereocenters. The van der Waals surface area contributed by atoms with Crippen molar-refractivity contribution in [2.24, 2.45) is 0 Å². The first-order valence-corrected chi connectivity index (χ1v) is 13.7. The second-order valence-corrected chi connectivity index (χ2v) is 12.4. The summed E-state index contributed by atoms with van der Waals surface area (Å²) < 4.78 is 1.14. The summed E-state index contributed by atoms with van der Waals surface area (Å²) >= 11 is 32.5. The van der Waals surface area contributed by atoms with Crippen molar-refractivity contribution in [3.05, 3.63) is 0 Å². The molecule has 0 aliphatic heterocycles. The molecule has 26 heavy (non-hydrogen) atoms. The first-order valence-electron chi connectivity index (χ1n) is 9.53. The molecule has 0 aromatic carbocycles. The summed E-state index contributed by atoms with van der Waals surface area (Å²) in [5.41, 5.74) is 0. The SMILES string of the molecule is CCC(S)S.CCCC(S)S.CCCCC(S)S.CCCCCC(S)S. The smallest absolute Gasteiger partial charge is 0.0442 e. The van der Waals surface area contributed by atoms with Crippen molar-refractivity contribution in [2.75, 3.05) is 0 Å². The lowest BCUT2D eigenvalue weighted by Crippen LogP contribution is -1.85. The van der Waals surface area contributed by atoms with Crippen molar-refractivity contribution < 1.29 is 0 Å². The molecule has 0 radical (unpaired) electrons. The Labute approximate surface area is 209 Å². The minimum Gasteiger partial charge on any atom is -0.165 e. The minimum absolute atomic E-state index is 0.273. The fourth-order valence-electron chi connectivity index (χ4n) is 1.22. The van der Waals surface area contributed by atoms with Gasteiger partial charge in [-0.25, -0.2) is 0 Å². The second-order valence-electron chi connectivity index (χ2n) is 5.76. The molecular formula is C18H44S8. The van der Waals surface area contributed by atoms with E-state index in [1.165, 1.54) is 38.5 Å². The van der Waals surface area contributed by atoms with Crippen LogP contribution >= 0.6 is 101 Å². The highest BCUT2D eigenvalue weighted by molar-refractivity contribution is 8.00. The lowest BCUT2D eigenvalue weighted by atomic mass is 10.2. The molecule has 0 nitrogen and oxygen atoms in total. The van der Waals surface area contributed by atoms with Gasteiger partial charge in [-0.2, -0.15) is 101 Å². The van der Waals surface area contributed by atoms with Gasteiger partial charge in [0.05, 0.1) is 0 Å². The summed E-state index contributed by atoms with van der Waals surface area (Å²) in [7, 11) is 0. The van der Waals surface area contributed by atoms with Crippen molar-refractivity contribution in [3.63, 3.8) is 0 Å². The minimum atomic E-state index is 0.273. The van der Waals surface area contributed by atoms with Crippen LogP contribution in [-0.2, 0) is 0 Å². The molecule has 0 aromatic rings. The molecule has 0 heterocycles. The van der Waals surface area contributed by atoms with Gasteiger partial charge in [-0.15, -0.1) is 0 Å². The summed E-state index contributed by atoms with van der Waals surface area (Å²) in [6, 6.07) is 0. The third-order valence-corrected chi connectivity index (χ3v) is 5.07. The summed E-state index contributed by atoms with van der Waals surface area (Å²) in [5, 5.41) is 0. The molecule has 0 amide bonds. The highest BCUT2D eigenvalue weighted by Gasteiger charge is 1.92. The molecule has 0 fully saturated rings. The summed E-state index contributed by atoms with van der Waals surface area (Å²) in [4.78, 5) is 0. The van der Waals surface area contributed by atoms with Gasteiger partial charge in [0.25, 0.3) is 0 Å². The predicted octanol–water partition coefficient (Wildman–Crippen LogP) is 8.67. The molecule has 0 rings (SSSR count). The number of hydrogen-bond acceptors (Lipinski definition) is 8. The zero-order valence-electron chi connectivity index (χ0n) is 17.0. The van der Waals surface area contributed by atoms with Gasteiger partial charge in [-0.1, -0.05) is 66.2 Å². The topological polar surface area (TPSA) is 0 Å². The number of rotatable bonds is 10. The van der Waals surface area contributed by atoms with Gasteiger partial charge < -0.3 is 0 Å². The molecule has 0 aromatic heterocycles. The maximum absolute atomic E-state index is 4.14. The van der Waals surface area contributed by atoms with E-state index < -0.39 is 0 Å². The zero-order chi connectivity index (χ0) is 21.4. The largest absolute Gasteiger partial charge is 0.165 e. The monoisotopic (exact) mass is 516 g/mol. The van der Waals surface area contributed by atoms with Crippen LogP contribution < -0.4 is 0 Å². The van der Waals surface area contributed by atoms with Crippen molar-refractivity contribution in [3.8, 4) is 0 Å². The van der Waals surface area contributed by atoms with Crippen LogP contribution in [0.4, 0.5) is 0 Å². The summed E-state index contributed by atoms with van der Waals surface area (Å²) in [6.45, 7) is 8.54. The van der Waals surface area contributed by atoms with E-state index in [0.29, 0.717) is 9.16 Å². The van der Waals surface area contributed by atoms with Crippen LogP contribution in [0.25, 0.3) is 0 Å². The molecule has 0 aliphatic carbocycles. The van der Waals surface area contributed by atoms with Crippen molar-refractivity contribution in [1.29, 1.82) is 0 Å². The Hall–Kier alpha value is 2.80. The van der Waals surface area contributed by atoms with Gasteiger partial charge in [-0.3, -0.25) is 0 Å². The number of thiol groups is 8. The van der Waals surface area contributed by atoms with Gasteiger partial charge in [0.1, 0.15) is 0 Å². The van der Waals surface area contributed by atoms with E-state index in [-0.39, 0.29) is 9.16 Å². The van der Waals surface area contributed by atoms with E-state index in [1.54, 1.807) is 0 Å². The van der Waals surface area contributed by atoms with Gasteiger partial charge in [0.2, 0.25) is 0 Å². The Balaban J connectivity index is -0.000000126. The van der Waals surface area contributed by atoms with Crippen LogP contribution in [0.3, 0.4) is 0 Å². The average molecular weight is 517 g/mol. The third kappa shape index (κ3) is 63.2. The molecule has 0 aliphatic rings. The van der Waals surface area contributed by atoms with Gasteiger partial charge in [0, 0.05) is 18.3 Å². The van der Waals surface area contributed by atoms with E-state index in [0.717, 1.165) is 25.7 Å². The molecular weight excluding hydrogens is 473 g/mol. The first kappa shape index (κ1) is 36.2. The zero-order valence-corrected chi connectivity index (χ0v) is 24.1. The fraction of sp³-hybridized carbons (Fsp3) is 1.00. The lowest BCUT2D eigenvalue weighted by Gasteiger charge is -1.99. The molecule has 164 valence electrons. The molecule has 8 heteroatoms. The van der Waals surface area contributed by atoms with Crippen LogP contribution in [0.2, 0.25) is 0 Å². The predicted molar refractivity (Wildman–Crippen MR) is 156 cm³/mol. The molecule has 0 spiro atoms. The van der Waals surface area contributed by atoms with E-state index in [1.807, 2.05) is 6.92 Å². The van der Waals surface area contributed by atoms with Crippen LogP contribution in [0.15, 0.2) is 0 Å². The standard InChI is InChI=1S/C6H14S2.C5H12S2.C4H10S2.C3H8S2/c1-2-3-4-5-6(7)8;1-2-3-4-5(6)7;1-2-3-4(5)6;1-2-3(4)5/h6-8H,2-5H2,1H3;5-7H,2-4H2,1H3;4-6H,2-3H2,1H3;3-5H,2H2,1H3. The lowest BCUT2D eigenvalue weighted by molar-refractivity contribution is 0.698. The Morgan fingerprint density at radius 2 is 0.769 bits per heavy atom. The van der Waals surface area contributed by atoms with Gasteiger partial charge in [0.15, 0.2) is 0 Å². The highest BCUT2D eigenvalue weighted by Crippen LogP contribution is 2.10. The average Bonchev–Trinajstić information content (AvgIpc) is 2.54. The Kier molecular flexibility index (Phi) is 45.2. The van der Waals surface area contributed by atoms with E-state index in [9.17, 15) is 0 Å². The third-order valence-electron chi connectivity index (χ3n) is 2.79. The molecule has 0 saturated carbocycles. The van der Waals surface area contributed by atoms with E-state index >= 15 is 0 Å². The Morgan fingerprint density at radius 3 is 0.923 bits per heavy atom. The molecule has 0 bridgehead atoms. The molecule has 0 atom stereocenters. The Morgan fingerprint density at radius 1 is 0.423 bits per heavy atom. The van der Waals surface area contributed by atoms with Crippen LogP contribution in [0.5, 0.6) is 0 Å². The fourth-order valence-corrected chi connectivity index (χ4v) is 2.47. The van der Waals surface area contributed by atoms with E-state index in [4.69, 9.17) is 0 Å². The van der Waals surface area contributed by atoms with E-state index in [2.05, 4.69) is 122 Å².